The standard InChI is InChI=1S/C14H10N4O/c19-14-12-2-1-11(18(12)8-7-17-14)9-3-5-15-13-10(9)4-6-16-13/h1-8H,(H,15,16)(H,17,19). The molecule has 0 radical (unpaired) electrons. The van der Waals surface area contributed by atoms with E-state index in [-0.39, 0.29) is 5.56 Å². The zero-order valence-electron chi connectivity index (χ0n) is 9.92. The number of pyridine rings is 1. The van der Waals surface area contributed by atoms with E-state index in [2.05, 4.69) is 15.0 Å². The van der Waals surface area contributed by atoms with Crippen LogP contribution in [0.2, 0.25) is 0 Å². The molecule has 4 rings (SSSR count). The predicted octanol–water partition coefficient (Wildman–Crippen LogP) is 2.17. The minimum Gasteiger partial charge on any atom is -0.346 e. The lowest BCUT2D eigenvalue weighted by Crippen LogP contribution is -2.07. The SMILES string of the molecule is O=c1[nH]ccn2c(-c3ccnc4[nH]ccc34)ccc12. The molecule has 0 aliphatic carbocycles. The fourth-order valence-electron chi connectivity index (χ4n) is 2.46. The molecule has 0 bridgehead atoms. The topological polar surface area (TPSA) is 65.9 Å². The molecular formula is C14H10N4O. The highest BCUT2D eigenvalue weighted by Crippen LogP contribution is 2.27. The molecule has 19 heavy (non-hydrogen) atoms. The molecule has 4 heterocycles. The second-order valence-electron chi connectivity index (χ2n) is 4.36. The Labute approximate surface area is 107 Å². The lowest BCUT2D eigenvalue weighted by Gasteiger charge is -2.04. The van der Waals surface area contributed by atoms with Crippen LogP contribution in [0.1, 0.15) is 0 Å². The zero-order valence-corrected chi connectivity index (χ0v) is 9.92. The average molecular weight is 250 g/mol. The first-order chi connectivity index (χ1) is 9.34. The van der Waals surface area contributed by atoms with E-state index in [1.165, 1.54) is 0 Å². The molecule has 5 nitrogen and oxygen atoms in total. The van der Waals surface area contributed by atoms with Gasteiger partial charge in [-0.1, -0.05) is 0 Å². The minimum atomic E-state index is -0.0897. The monoisotopic (exact) mass is 250 g/mol. The minimum absolute atomic E-state index is 0.0897. The molecule has 0 aromatic carbocycles. The first kappa shape index (κ1) is 10.1. The Kier molecular flexibility index (Phi) is 1.91. The number of aromatic amines is 2. The van der Waals surface area contributed by atoms with Gasteiger partial charge in [0.05, 0.1) is 5.69 Å². The van der Waals surface area contributed by atoms with Gasteiger partial charge in [0.25, 0.3) is 5.56 Å². The fourth-order valence-corrected chi connectivity index (χ4v) is 2.46. The first-order valence-electron chi connectivity index (χ1n) is 5.96. The molecule has 5 heteroatoms. The van der Waals surface area contributed by atoms with Crippen molar-refractivity contribution in [1.82, 2.24) is 19.4 Å². The third kappa shape index (κ3) is 1.35. The molecule has 0 atom stereocenters. The molecule has 2 N–H and O–H groups in total. The van der Waals surface area contributed by atoms with E-state index in [0.29, 0.717) is 5.52 Å². The summed E-state index contributed by atoms with van der Waals surface area (Å²) in [5.74, 6) is 0. The van der Waals surface area contributed by atoms with E-state index in [0.717, 1.165) is 22.3 Å². The molecule has 4 aromatic rings. The van der Waals surface area contributed by atoms with Gasteiger partial charge in [0.2, 0.25) is 0 Å². The Morgan fingerprint density at radius 2 is 2.00 bits per heavy atom. The number of nitrogens with one attached hydrogen (secondary N) is 2. The van der Waals surface area contributed by atoms with E-state index in [4.69, 9.17) is 0 Å². The molecule has 0 unspecified atom stereocenters. The van der Waals surface area contributed by atoms with Crippen molar-refractivity contribution in [3.05, 3.63) is 59.4 Å². The predicted molar refractivity (Wildman–Crippen MR) is 73.1 cm³/mol. The van der Waals surface area contributed by atoms with Gasteiger partial charge in [0.15, 0.2) is 0 Å². The lowest BCUT2D eigenvalue weighted by atomic mass is 10.1. The van der Waals surface area contributed by atoms with E-state index in [1.807, 2.05) is 41.1 Å². The van der Waals surface area contributed by atoms with Gasteiger partial charge in [0.1, 0.15) is 11.2 Å². The maximum atomic E-state index is 11.7. The Balaban J connectivity index is 2.13. The summed E-state index contributed by atoms with van der Waals surface area (Å²) in [4.78, 5) is 21.8. The van der Waals surface area contributed by atoms with Crippen LogP contribution in [0.4, 0.5) is 0 Å². The van der Waals surface area contributed by atoms with Gasteiger partial charge in [-0.15, -0.1) is 0 Å². The molecule has 92 valence electrons. The number of hydrogen-bond acceptors (Lipinski definition) is 2. The van der Waals surface area contributed by atoms with Crippen molar-refractivity contribution in [1.29, 1.82) is 0 Å². The quantitative estimate of drug-likeness (QED) is 0.543. The van der Waals surface area contributed by atoms with Crippen LogP contribution in [-0.4, -0.2) is 19.4 Å². The highest BCUT2D eigenvalue weighted by atomic mass is 16.1. The van der Waals surface area contributed by atoms with Crippen LogP contribution in [0.15, 0.2) is 53.8 Å². The van der Waals surface area contributed by atoms with Crippen molar-refractivity contribution in [3.63, 3.8) is 0 Å². The number of fused-ring (bicyclic) bond motifs is 2. The summed E-state index contributed by atoms with van der Waals surface area (Å²) >= 11 is 0. The van der Waals surface area contributed by atoms with Crippen molar-refractivity contribution in [2.24, 2.45) is 0 Å². The number of hydrogen-bond donors (Lipinski definition) is 2. The molecule has 0 fully saturated rings. The van der Waals surface area contributed by atoms with Crippen molar-refractivity contribution < 1.29 is 0 Å². The highest BCUT2D eigenvalue weighted by molar-refractivity contribution is 5.92. The van der Waals surface area contributed by atoms with E-state index >= 15 is 0 Å². The largest absolute Gasteiger partial charge is 0.346 e. The normalized spacial score (nSPS) is 11.4. The second-order valence-corrected chi connectivity index (χ2v) is 4.36. The third-order valence-electron chi connectivity index (χ3n) is 3.32. The number of rotatable bonds is 1. The summed E-state index contributed by atoms with van der Waals surface area (Å²) in [5, 5.41) is 1.04. The Hall–Kier alpha value is -2.82. The van der Waals surface area contributed by atoms with E-state index < -0.39 is 0 Å². The summed E-state index contributed by atoms with van der Waals surface area (Å²) in [7, 11) is 0. The van der Waals surface area contributed by atoms with Gasteiger partial charge >= 0.3 is 0 Å². The van der Waals surface area contributed by atoms with Crippen molar-refractivity contribution in [2.45, 2.75) is 0 Å². The molecule has 0 spiro atoms. The van der Waals surface area contributed by atoms with Gasteiger partial charge in [-0.25, -0.2) is 4.98 Å². The van der Waals surface area contributed by atoms with Gasteiger partial charge < -0.3 is 14.4 Å². The van der Waals surface area contributed by atoms with Crippen LogP contribution in [-0.2, 0) is 0 Å². The third-order valence-corrected chi connectivity index (χ3v) is 3.32. The van der Waals surface area contributed by atoms with Crippen LogP contribution in [0.5, 0.6) is 0 Å². The van der Waals surface area contributed by atoms with E-state index in [9.17, 15) is 4.79 Å². The molecule has 0 saturated heterocycles. The van der Waals surface area contributed by atoms with Crippen LogP contribution in [0.25, 0.3) is 27.8 Å². The highest BCUT2D eigenvalue weighted by Gasteiger charge is 2.10. The van der Waals surface area contributed by atoms with Crippen molar-refractivity contribution in [3.8, 4) is 11.3 Å². The maximum absolute atomic E-state index is 11.7. The van der Waals surface area contributed by atoms with E-state index in [1.54, 1.807) is 12.4 Å². The Bertz CT molecular complexity index is 945. The molecule has 0 aliphatic heterocycles. The first-order valence-corrected chi connectivity index (χ1v) is 5.96. The van der Waals surface area contributed by atoms with Crippen molar-refractivity contribution >= 4 is 16.6 Å². The van der Waals surface area contributed by atoms with Crippen LogP contribution < -0.4 is 5.56 Å². The zero-order chi connectivity index (χ0) is 12.8. The lowest BCUT2D eigenvalue weighted by molar-refractivity contribution is 1.11. The summed E-state index contributed by atoms with van der Waals surface area (Å²) in [5.41, 5.74) is 3.42. The summed E-state index contributed by atoms with van der Waals surface area (Å²) in [6.07, 6.45) is 7.13. The number of nitrogens with zero attached hydrogens (tertiary/aromatic N) is 2. The summed E-state index contributed by atoms with van der Waals surface area (Å²) < 4.78 is 1.89. The number of aromatic nitrogens is 4. The van der Waals surface area contributed by atoms with Gasteiger partial charge in [-0.05, 0) is 24.3 Å². The van der Waals surface area contributed by atoms with Gasteiger partial charge in [-0.2, -0.15) is 0 Å². The smallest absolute Gasteiger partial charge is 0.272 e. The molecule has 0 aliphatic rings. The fraction of sp³-hybridized carbons (Fsp3) is 0. The second kappa shape index (κ2) is 3.58. The summed E-state index contributed by atoms with van der Waals surface area (Å²) in [6.45, 7) is 0. The van der Waals surface area contributed by atoms with Crippen LogP contribution in [0.3, 0.4) is 0 Å². The van der Waals surface area contributed by atoms with Crippen molar-refractivity contribution in [2.75, 3.05) is 0 Å². The Morgan fingerprint density at radius 1 is 1.05 bits per heavy atom. The van der Waals surface area contributed by atoms with Gasteiger partial charge in [0, 0.05) is 35.7 Å². The summed E-state index contributed by atoms with van der Waals surface area (Å²) in [6, 6.07) is 7.72. The average Bonchev–Trinajstić information content (AvgIpc) is 3.05. The Morgan fingerprint density at radius 3 is 2.95 bits per heavy atom. The molecular weight excluding hydrogens is 240 g/mol. The molecule has 0 saturated carbocycles. The number of H-pyrrole nitrogens is 2. The molecule has 4 aromatic heterocycles. The van der Waals surface area contributed by atoms with Gasteiger partial charge in [-0.3, -0.25) is 4.79 Å². The molecule has 0 amide bonds. The van der Waals surface area contributed by atoms with Crippen LogP contribution in [0, 0.1) is 0 Å². The van der Waals surface area contributed by atoms with Crippen LogP contribution >= 0.6 is 0 Å². The maximum Gasteiger partial charge on any atom is 0.272 e.